The zero-order valence-corrected chi connectivity index (χ0v) is 4.94. The van der Waals surface area contributed by atoms with Crippen LogP contribution in [0, 0.1) is 5.92 Å². The predicted octanol–water partition coefficient (Wildman–Crippen LogP) is 1.49. The van der Waals surface area contributed by atoms with Gasteiger partial charge < -0.3 is 0 Å². The number of hydrogen-bond donors (Lipinski definition) is 0. The molecule has 1 heteroatoms. The van der Waals surface area contributed by atoms with Gasteiger partial charge in [0.25, 0.3) is 0 Å². The van der Waals surface area contributed by atoms with Crippen LogP contribution in [0.5, 0.6) is 0 Å². The second kappa shape index (κ2) is 1.65. The molecular weight excluding hydrogens is 86.1 g/mol. The Morgan fingerprint density at radius 2 is 2.14 bits per heavy atom. The van der Waals surface area contributed by atoms with Gasteiger partial charge in [0.05, 0.1) is 0 Å². The van der Waals surface area contributed by atoms with Crippen molar-refractivity contribution in [1.29, 1.82) is 0 Å². The molecule has 0 radical (unpaired) electrons. The van der Waals surface area contributed by atoms with Crippen molar-refractivity contribution in [3.05, 3.63) is 0 Å². The van der Waals surface area contributed by atoms with Crippen LogP contribution < -0.4 is 0 Å². The zero-order valence-electron chi connectivity index (χ0n) is 4.94. The van der Waals surface area contributed by atoms with Gasteiger partial charge in [0.15, 0.2) is 0 Å². The van der Waals surface area contributed by atoms with Crippen molar-refractivity contribution in [3.63, 3.8) is 0 Å². The van der Waals surface area contributed by atoms with Crippen LogP contribution in [0.2, 0.25) is 0 Å². The lowest BCUT2D eigenvalue weighted by Crippen LogP contribution is -1.90. The highest BCUT2D eigenvalue weighted by atomic mass is 14.7. The van der Waals surface area contributed by atoms with Crippen molar-refractivity contribution < 1.29 is 0 Å². The van der Waals surface area contributed by atoms with E-state index >= 15 is 0 Å². The molecule has 7 heavy (non-hydrogen) atoms. The molecule has 1 fully saturated rings. The van der Waals surface area contributed by atoms with Crippen molar-refractivity contribution in [3.8, 4) is 0 Å². The van der Waals surface area contributed by atoms with E-state index in [9.17, 15) is 0 Å². The van der Waals surface area contributed by atoms with Crippen molar-refractivity contribution in [2.45, 2.75) is 19.8 Å². The third kappa shape index (κ3) is 1.02. The highest BCUT2D eigenvalue weighted by Crippen LogP contribution is 2.29. The molecule has 1 saturated carbocycles. The average molecular weight is 97.2 g/mol. The molecule has 1 aliphatic carbocycles. The van der Waals surface area contributed by atoms with Gasteiger partial charge in [-0.15, -0.1) is 0 Å². The van der Waals surface area contributed by atoms with E-state index < -0.39 is 0 Å². The Kier molecular flexibility index (Phi) is 1.13. The van der Waals surface area contributed by atoms with Crippen LogP contribution in [-0.2, 0) is 0 Å². The fourth-order valence-electron chi connectivity index (χ4n) is 0.684. The lowest BCUT2D eigenvalue weighted by molar-refractivity contribution is 1.15. The van der Waals surface area contributed by atoms with Crippen molar-refractivity contribution in [2.75, 3.05) is 7.05 Å². The maximum atomic E-state index is 4.07. The third-order valence-electron chi connectivity index (χ3n) is 1.52. The van der Waals surface area contributed by atoms with E-state index in [2.05, 4.69) is 11.9 Å². The van der Waals surface area contributed by atoms with Crippen LogP contribution in [0.1, 0.15) is 19.8 Å². The standard InChI is InChI=1S/C6H11N/c1-5(7-2)6-3-4-6/h6H,3-4H2,1-2H3/b7-5-. The van der Waals surface area contributed by atoms with E-state index in [0.717, 1.165) is 5.92 Å². The monoisotopic (exact) mass is 97.1 g/mol. The first-order chi connectivity index (χ1) is 3.34. The van der Waals surface area contributed by atoms with Crippen molar-refractivity contribution >= 4 is 5.71 Å². The van der Waals surface area contributed by atoms with Crippen LogP contribution in [0.25, 0.3) is 0 Å². The second-order valence-corrected chi connectivity index (χ2v) is 2.14. The SMILES string of the molecule is C/N=C(/C)C1CC1. The van der Waals surface area contributed by atoms with Gasteiger partial charge >= 0.3 is 0 Å². The van der Waals surface area contributed by atoms with Gasteiger partial charge in [0, 0.05) is 12.8 Å². The average Bonchev–Trinajstić information content (AvgIpc) is 2.44. The Bertz CT molecular complexity index is 90.4. The molecule has 0 aromatic rings. The van der Waals surface area contributed by atoms with Gasteiger partial charge in [0.1, 0.15) is 0 Å². The molecule has 1 aliphatic rings. The second-order valence-electron chi connectivity index (χ2n) is 2.14. The molecule has 0 aromatic heterocycles. The summed E-state index contributed by atoms with van der Waals surface area (Å²) < 4.78 is 0. The predicted molar refractivity (Wildman–Crippen MR) is 31.8 cm³/mol. The first-order valence-corrected chi connectivity index (χ1v) is 2.78. The molecule has 1 nitrogen and oxygen atoms in total. The highest BCUT2D eigenvalue weighted by Gasteiger charge is 2.23. The summed E-state index contributed by atoms with van der Waals surface area (Å²) in [6.07, 6.45) is 2.76. The van der Waals surface area contributed by atoms with E-state index in [1.807, 2.05) is 7.05 Å². The van der Waals surface area contributed by atoms with Gasteiger partial charge in [-0.25, -0.2) is 0 Å². The minimum absolute atomic E-state index is 0.866. The molecule has 0 spiro atoms. The minimum atomic E-state index is 0.866. The molecule has 0 saturated heterocycles. The van der Waals surface area contributed by atoms with Gasteiger partial charge in [-0.3, -0.25) is 4.99 Å². The lowest BCUT2D eigenvalue weighted by atomic mass is 10.3. The molecule has 0 amide bonds. The number of hydrogen-bond acceptors (Lipinski definition) is 1. The van der Waals surface area contributed by atoms with Gasteiger partial charge in [-0.05, 0) is 25.7 Å². The Balaban J connectivity index is 2.37. The summed E-state index contributed by atoms with van der Waals surface area (Å²) >= 11 is 0. The molecule has 0 aliphatic heterocycles. The summed E-state index contributed by atoms with van der Waals surface area (Å²) in [5, 5.41) is 0. The lowest BCUT2D eigenvalue weighted by Gasteiger charge is -1.87. The molecule has 0 aromatic carbocycles. The van der Waals surface area contributed by atoms with Gasteiger partial charge in [-0.1, -0.05) is 0 Å². The number of nitrogens with zero attached hydrogens (tertiary/aromatic N) is 1. The topological polar surface area (TPSA) is 12.4 Å². The summed E-state index contributed by atoms with van der Waals surface area (Å²) in [7, 11) is 1.87. The Morgan fingerprint density at radius 1 is 1.57 bits per heavy atom. The largest absolute Gasteiger partial charge is 0.297 e. The molecule has 40 valence electrons. The maximum absolute atomic E-state index is 4.07. The van der Waals surface area contributed by atoms with Gasteiger partial charge in [0.2, 0.25) is 0 Å². The van der Waals surface area contributed by atoms with Crippen LogP contribution in [0.15, 0.2) is 4.99 Å². The fraction of sp³-hybridized carbons (Fsp3) is 0.833. The van der Waals surface area contributed by atoms with E-state index in [-0.39, 0.29) is 0 Å². The van der Waals surface area contributed by atoms with Crippen LogP contribution >= 0.6 is 0 Å². The fourth-order valence-corrected chi connectivity index (χ4v) is 0.684. The first-order valence-electron chi connectivity index (χ1n) is 2.78. The summed E-state index contributed by atoms with van der Waals surface area (Å²) in [6.45, 7) is 2.11. The van der Waals surface area contributed by atoms with E-state index in [4.69, 9.17) is 0 Å². The summed E-state index contributed by atoms with van der Waals surface area (Å²) in [5.41, 5.74) is 1.33. The van der Waals surface area contributed by atoms with Crippen molar-refractivity contribution in [2.24, 2.45) is 10.9 Å². The minimum Gasteiger partial charge on any atom is -0.297 e. The van der Waals surface area contributed by atoms with E-state index in [0.29, 0.717) is 0 Å². The van der Waals surface area contributed by atoms with Crippen molar-refractivity contribution in [1.82, 2.24) is 0 Å². The van der Waals surface area contributed by atoms with Crippen LogP contribution in [0.3, 0.4) is 0 Å². The van der Waals surface area contributed by atoms with E-state index in [1.165, 1.54) is 18.6 Å². The Hall–Kier alpha value is -0.330. The first kappa shape index (κ1) is 4.82. The number of aliphatic imine (C=N–C) groups is 1. The molecular formula is C6H11N. The quantitative estimate of drug-likeness (QED) is 0.439. The Morgan fingerprint density at radius 3 is 2.29 bits per heavy atom. The number of rotatable bonds is 1. The molecule has 1 rings (SSSR count). The normalized spacial score (nSPS) is 22.9. The summed E-state index contributed by atoms with van der Waals surface area (Å²) in [6, 6.07) is 0. The maximum Gasteiger partial charge on any atom is 0.0276 e. The molecule has 0 atom stereocenters. The zero-order chi connectivity index (χ0) is 5.28. The molecule has 0 heterocycles. The van der Waals surface area contributed by atoms with E-state index in [1.54, 1.807) is 0 Å². The summed E-state index contributed by atoms with van der Waals surface area (Å²) in [5.74, 6) is 0.866. The summed E-state index contributed by atoms with van der Waals surface area (Å²) in [4.78, 5) is 4.07. The Labute approximate surface area is 44.5 Å². The highest BCUT2D eigenvalue weighted by molar-refractivity contribution is 5.86. The molecule has 0 bridgehead atoms. The van der Waals surface area contributed by atoms with Crippen LogP contribution in [0.4, 0.5) is 0 Å². The molecule has 0 N–H and O–H groups in total. The third-order valence-corrected chi connectivity index (χ3v) is 1.52. The smallest absolute Gasteiger partial charge is 0.0276 e. The van der Waals surface area contributed by atoms with Gasteiger partial charge in [-0.2, -0.15) is 0 Å². The van der Waals surface area contributed by atoms with Crippen LogP contribution in [-0.4, -0.2) is 12.8 Å². The molecule has 0 unspecified atom stereocenters.